The first-order valence-corrected chi connectivity index (χ1v) is 7.11. The molecular weight excluding hydrogens is 280 g/mol. The fourth-order valence-electron chi connectivity index (χ4n) is 2.06. The van der Waals surface area contributed by atoms with Gasteiger partial charge in [-0.05, 0) is 37.1 Å². The number of carbonyl (C=O) groups excluding carboxylic acids is 2. The number of nitrogens with one attached hydrogen (secondary N) is 2. The van der Waals surface area contributed by atoms with Crippen molar-refractivity contribution in [3.8, 4) is 0 Å². The van der Waals surface area contributed by atoms with Crippen LogP contribution in [0.3, 0.4) is 0 Å². The molecular formula is C16H20N4O2. The first kappa shape index (κ1) is 15.8. The molecule has 0 bridgehead atoms. The molecule has 6 nitrogen and oxygen atoms in total. The maximum atomic E-state index is 12.0. The zero-order valence-corrected chi connectivity index (χ0v) is 13.0. The number of hydrogen-bond acceptors (Lipinski definition) is 3. The van der Waals surface area contributed by atoms with Crippen molar-refractivity contribution in [3.05, 3.63) is 41.7 Å². The first-order chi connectivity index (χ1) is 10.4. The number of nitrogens with zero attached hydrogens (tertiary/aromatic N) is 2. The van der Waals surface area contributed by atoms with Crippen molar-refractivity contribution in [1.29, 1.82) is 0 Å². The van der Waals surface area contributed by atoms with E-state index < -0.39 is 0 Å². The highest BCUT2D eigenvalue weighted by molar-refractivity contribution is 5.94. The van der Waals surface area contributed by atoms with Crippen LogP contribution in [0.25, 0.3) is 0 Å². The highest BCUT2D eigenvalue weighted by atomic mass is 16.2. The lowest BCUT2D eigenvalue weighted by Gasteiger charge is -2.11. The maximum Gasteiger partial charge on any atom is 0.226 e. The number of amides is 2. The Morgan fingerprint density at radius 1 is 1.23 bits per heavy atom. The fourth-order valence-corrected chi connectivity index (χ4v) is 2.06. The molecule has 116 valence electrons. The van der Waals surface area contributed by atoms with Crippen LogP contribution in [0.1, 0.15) is 24.5 Å². The summed E-state index contributed by atoms with van der Waals surface area (Å²) in [6.07, 6.45) is 4.00. The summed E-state index contributed by atoms with van der Waals surface area (Å²) in [4.78, 5) is 23.1. The lowest BCUT2D eigenvalue weighted by Crippen LogP contribution is -2.16. The van der Waals surface area contributed by atoms with E-state index in [9.17, 15) is 9.59 Å². The van der Waals surface area contributed by atoms with E-state index in [4.69, 9.17) is 0 Å². The van der Waals surface area contributed by atoms with Crippen LogP contribution < -0.4 is 10.6 Å². The highest BCUT2D eigenvalue weighted by Gasteiger charge is 2.07. The topological polar surface area (TPSA) is 76.0 Å². The lowest BCUT2D eigenvalue weighted by molar-refractivity contribution is -0.116. The lowest BCUT2D eigenvalue weighted by atomic mass is 10.1. The van der Waals surface area contributed by atoms with Gasteiger partial charge in [0.05, 0.1) is 6.20 Å². The monoisotopic (exact) mass is 300 g/mol. The summed E-state index contributed by atoms with van der Waals surface area (Å²) in [6, 6.07) is 5.42. The fraction of sp³-hybridized carbons (Fsp3) is 0.312. The third kappa shape index (κ3) is 4.44. The van der Waals surface area contributed by atoms with Gasteiger partial charge in [0.25, 0.3) is 0 Å². The standard InChI is InChI=1S/C16H20N4O2/c1-11-9-17-20(10-11)7-6-16(22)19-15-8-14(18-13(3)21)5-4-12(15)2/h4-5,8-10H,6-7H2,1-3H3,(H,18,21)(H,19,22). The molecule has 0 saturated heterocycles. The molecule has 6 heteroatoms. The molecule has 1 aromatic carbocycles. The molecule has 0 aliphatic heterocycles. The van der Waals surface area contributed by atoms with Crippen LogP contribution in [0, 0.1) is 13.8 Å². The summed E-state index contributed by atoms with van der Waals surface area (Å²) in [5.74, 6) is -0.230. The van der Waals surface area contributed by atoms with Crippen molar-refractivity contribution in [2.75, 3.05) is 10.6 Å². The van der Waals surface area contributed by atoms with Crippen LogP contribution in [0.2, 0.25) is 0 Å². The average molecular weight is 300 g/mol. The SMILES string of the molecule is CC(=O)Nc1ccc(C)c(NC(=O)CCn2cc(C)cn2)c1. The summed E-state index contributed by atoms with van der Waals surface area (Å²) in [5.41, 5.74) is 3.38. The molecule has 2 aromatic rings. The maximum absolute atomic E-state index is 12.0. The third-order valence-electron chi connectivity index (χ3n) is 3.16. The van der Waals surface area contributed by atoms with Gasteiger partial charge in [-0.1, -0.05) is 6.07 Å². The van der Waals surface area contributed by atoms with Gasteiger partial charge >= 0.3 is 0 Å². The Kier molecular flexibility index (Phi) is 4.93. The predicted octanol–water partition coefficient (Wildman–Crippen LogP) is 2.49. The molecule has 0 atom stereocenters. The van der Waals surface area contributed by atoms with E-state index in [0.717, 1.165) is 11.1 Å². The minimum Gasteiger partial charge on any atom is -0.326 e. The number of hydrogen-bond donors (Lipinski definition) is 2. The minimum absolute atomic E-state index is 0.0868. The molecule has 0 unspecified atom stereocenters. The van der Waals surface area contributed by atoms with Crippen molar-refractivity contribution < 1.29 is 9.59 Å². The van der Waals surface area contributed by atoms with Gasteiger partial charge in [-0.3, -0.25) is 14.3 Å². The Hall–Kier alpha value is -2.63. The quantitative estimate of drug-likeness (QED) is 0.890. The van der Waals surface area contributed by atoms with E-state index in [1.54, 1.807) is 23.0 Å². The van der Waals surface area contributed by atoms with Crippen LogP contribution >= 0.6 is 0 Å². The number of rotatable bonds is 5. The van der Waals surface area contributed by atoms with Crippen molar-refractivity contribution >= 4 is 23.2 Å². The number of aromatic nitrogens is 2. The summed E-state index contributed by atoms with van der Waals surface area (Å²) in [5, 5.41) is 9.72. The number of aryl methyl sites for hydroxylation is 3. The number of carbonyl (C=O) groups is 2. The van der Waals surface area contributed by atoms with E-state index in [1.165, 1.54) is 6.92 Å². The van der Waals surface area contributed by atoms with Gasteiger partial charge in [-0.25, -0.2) is 0 Å². The zero-order chi connectivity index (χ0) is 16.1. The second-order valence-electron chi connectivity index (χ2n) is 5.29. The molecule has 2 N–H and O–H groups in total. The molecule has 0 fully saturated rings. The van der Waals surface area contributed by atoms with Crippen LogP contribution in [-0.4, -0.2) is 21.6 Å². The largest absolute Gasteiger partial charge is 0.326 e. The van der Waals surface area contributed by atoms with Gasteiger partial charge in [0.2, 0.25) is 11.8 Å². The molecule has 22 heavy (non-hydrogen) atoms. The molecule has 1 aromatic heterocycles. The normalized spacial score (nSPS) is 10.3. The highest BCUT2D eigenvalue weighted by Crippen LogP contribution is 2.20. The molecule has 0 radical (unpaired) electrons. The second kappa shape index (κ2) is 6.89. The van der Waals surface area contributed by atoms with E-state index in [2.05, 4.69) is 15.7 Å². The molecule has 0 spiro atoms. The van der Waals surface area contributed by atoms with Gasteiger partial charge in [-0.15, -0.1) is 0 Å². The summed E-state index contributed by atoms with van der Waals surface area (Å²) in [6.45, 7) is 5.85. The molecule has 0 aliphatic carbocycles. The van der Waals surface area contributed by atoms with Crippen molar-refractivity contribution in [1.82, 2.24) is 9.78 Å². The van der Waals surface area contributed by atoms with Gasteiger partial charge < -0.3 is 10.6 Å². The summed E-state index contributed by atoms with van der Waals surface area (Å²) in [7, 11) is 0. The van der Waals surface area contributed by atoms with E-state index in [1.807, 2.05) is 26.1 Å². The Morgan fingerprint density at radius 2 is 2.00 bits per heavy atom. The summed E-state index contributed by atoms with van der Waals surface area (Å²) >= 11 is 0. The predicted molar refractivity (Wildman–Crippen MR) is 85.7 cm³/mol. The Labute approximate surface area is 129 Å². The minimum atomic E-state index is -0.143. The average Bonchev–Trinajstić information content (AvgIpc) is 2.85. The van der Waals surface area contributed by atoms with Crippen LogP contribution in [-0.2, 0) is 16.1 Å². The smallest absolute Gasteiger partial charge is 0.226 e. The van der Waals surface area contributed by atoms with Gasteiger partial charge in [-0.2, -0.15) is 5.10 Å². The first-order valence-electron chi connectivity index (χ1n) is 7.11. The van der Waals surface area contributed by atoms with Gasteiger partial charge in [0.15, 0.2) is 0 Å². The molecule has 0 saturated carbocycles. The van der Waals surface area contributed by atoms with Crippen molar-refractivity contribution in [2.24, 2.45) is 0 Å². The van der Waals surface area contributed by atoms with E-state index in [-0.39, 0.29) is 11.8 Å². The van der Waals surface area contributed by atoms with Crippen LogP contribution in [0.4, 0.5) is 11.4 Å². The molecule has 2 amide bonds. The Balaban J connectivity index is 1.96. The Bertz CT molecular complexity index is 691. The molecule has 0 aliphatic rings. The second-order valence-corrected chi connectivity index (χ2v) is 5.29. The van der Waals surface area contributed by atoms with Crippen LogP contribution in [0.15, 0.2) is 30.6 Å². The number of anilines is 2. The number of benzene rings is 1. The molecule has 1 heterocycles. The van der Waals surface area contributed by atoms with E-state index in [0.29, 0.717) is 24.3 Å². The van der Waals surface area contributed by atoms with Gasteiger partial charge in [0, 0.05) is 37.5 Å². The van der Waals surface area contributed by atoms with E-state index >= 15 is 0 Å². The summed E-state index contributed by atoms with van der Waals surface area (Å²) < 4.78 is 1.75. The van der Waals surface area contributed by atoms with Crippen LogP contribution in [0.5, 0.6) is 0 Å². The van der Waals surface area contributed by atoms with Crippen molar-refractivity contribution in [2.45, 2.75) is 33.7 Å². The molecule has 2 rings (SSSR count). The third-order valence-corrected chi connectivity index (χ3v) is 3.16. The zero-order valence-electron chi connectivity index (χ0n) is 13.0. The Morgan fingerprint density at radius 3 is 2.64 bits per heavy atom. The van der Waals surface area contributed by atoms with Gasteiger partial charge in [0.1, 0.15) is 0 Å². The van der Waals surface area contributed by atoms with Crippen molar-refractivity contribution in [3.63, 3.8) is 0 Å².